The lowest BCUT2D eigenvalue weighted by Crippen LogP contribution is -2.51. The van der Waals surface area contributed by atoms with Crippen LogP contribution in [-0.4, -0.2) is 71.6 Å². The van der Waals surface area contributed by atoms with Gasteiger partial charge in [0, 0.05) is 36.4 Å². The number of piperidine rings is 1. The molecule has 1 N–H and O–H groups in total. The number of anilines is 1. The van der Waals surface area contributed by atoms with Gasteiger partial charge in [-0.2, -0.15) is 0 Å². The summed E-state index contributed by atoms with van der Waals surface area (Å²) < 4.78 is 0. The molecule has 2 saturated heterocycles. The fraction of sp³-hybridized carbons (Fsp3) is 0.579. The number of carboxylic acid groups (broad SMARTS) is 1. The number of halogens is 2. The molecule has 1 atom stereocenters. The van der Waals surface area contributed by atoms with E-state index in [1.807, 2.05) is 41.0 Å². The van der Waals surface area contributed by atoms with Gasteiger partial charge in [-0.05, 0) is 44.0 Å². The smallest absolute Gasteiger partial charge is 0.317 e. The molecule has 1 amide bonds. The standard InChI is InChI=1S/C19H26ClN3O3.ClH/c1-2-21(13-18(24)25)15-6-9-22(10-7-15)17-8-11-23(19(17)26)16-5-3-4-14(20)12-16;/h3-5,12,15,17H,2,6-11,13H2,1H3,(H,24,25);1H. The molecule has 0 spiro atoms. The summed E-state index contributed by atoms with van der Waals surface area (Å²) in [5.74, 6) is -0.638. The quantitative estimate of drug-likeness (QED) is 0.773. The SMILES string of the molecule is CCN(CC(=O)O)C1CCN(C2CCN(c3cccc(Cl)c3)C2=O)CC1.Cl. The molecule has 1 aromatic carbocycles. The fourth-order valence-corrected chi connectivity index (χ4v) is 4.32. The first-order valence-corrected chi connectivity index (χ1v) is 9.64. The van der Waals surface area contributed by atoms with Gasteiger partial charge in [-0.25, -0.2) is 0 Å². The van der Waals surface area contributed by atoms with Crippen LogP contribution in [0.5, 0.6) is 0 Å². The molecule has 2 aliphatic rings. The highest BCUT2D eigenvalue weighted by Crippen LogP contribution is 2.28. The van der Waals surface area contributed by atoms with Gasteiger partial charge in [0.25, 0.3) is 0 Å². The van der Waals surface area contributed by atoms with Gasteiger partial charge >= 0.3 is 5.97 Å². The van der Waals surface area contributed by atoms with Crippen molar-refractivity contribution in [3.63, 3.8) is 0 Å². The Morgan fingerprint density at radius 2 is 1.96 bits per heavy atom. The molecule has 2 aliphatic heterocycles. The van der Waals surface area contributed by atoms with Gasteiger partial charge < -0.3 is 10.0 Å². The second-order valence-electron chi connectivity index (χ2n) is 7.00. The summed E-state index contributed by atoms with van der Waals surface area (Å²) in [4.78, 5) is 30.0. The molecule has 150 valence electrons. The van der Waals surface area contributed by atoms with E-state index in [0.29, 0.717) is 11.6 Å². The zero-order valence-corrected chi connectivity index (χ0v) is 17.1. The van der Waals surface area contributed by atoms with E-state index in [1.165, 1.54) is 0 Å². The van der Waals surface area contributed by atoms with Crippen molar-refractivity contribution >= 4 is 41.6 Å². The van der Waals surface area contributed by atoms with Crippen molar-refractivity contribution in [2.45, 2.75) is 38.3 Å². The van der Waals surface area contributed by atoms with Gasteiger partial charge in [-0.15, -0.1) is 12.4 Å². The molecular formula is C19H27Cl2N3O3. The van der Waals surface area contributed by atoms with E-state index in [1.54, 1.807) is 0 Å². The van der Waals surface area contributed by atoms with Gasteiger partial charge in [-0.3, -0.25) is 19.4 Å². The fourth-order valence-electron chi connectivity index (χ4n) is 4.14. The van der Waals surface area contributed by atoms with E-state index in [9.17, 15) is 9.59 Å². The molecule has 1 unspecified atom stereocenters. The third-order valence-electron chi connectivity index (χ3n) is 5.50. The van der Waals surface area contributed by atoms with Crippen LogP contribution in [-0.2, 0) is 9.59 Å². The third-order valence-corrected chi connectivity index (χ3v) is 5.73. The Labute approximate surface area is 171 Å². The Hall–Kier alpha value is -1.34. The number of hydrogen-bond donors (Lipinski definition) is 1. The molecule has 0 aliphatic carbocycles. The third kappa shape index (κ3) is 5.13. The molecule has 0 bridgehead atoms. The van der Waals surface area contributed by atoms with E-state index in [2.05, 4.69) is 4.90 Å². The highest BCUT2D eigenvalue weighted by atomic mass is 35.5. The largest absolute Gasteiger partial charge is 0.480 e. The number of likely N-dealkylation sites (N-methyl/N-ethyl adjacent to an activating group) is 1. The minimum Gasteiger partial charge on any atom is -0.480 e. The van der Waals surface area contributed by atoms with Crippen LogP contribution in [0.4, 0.5) is 5.69 Å². The zero-order chi connectivity index (χ0) is 18.7. The molecule has 27 heavy (non-hydrogen) atoms. The maximum Gasteiger partial charge on any atom is 0.317 e. The monoisotopic (exact) mass is 415 g/mol. The average Bonchev–Trinajstić information content (AvgIpc) is 3.01. The molecule has 6 nitrogen and oxygen atoms in total. The number of likely N-dealkylation sites (tertiary alicyclic amines) is 1. The number of hydrogen-bond acceptors (Lipinski definition) is 4. The van der Waals surface area contributed by atoms with Crippen LogP contribution < -0.4 is 4.90 Å². The minimum absolute atomic E-state index is 0. The Bertz CT molecular complexity index is 665. The van der Waals surface area contributed by atoms with Crippen molar-refractivity contribution in [1.82, 2.24) is 9.80 Å². The van der Waals surface area contributed by atoms with Crippen LogP contribution in [0.2, 0.25) is 5.02 Å². The highest BCUT2D eigenvalue weighted by molar-refractivity contribution is 6.31. The summed E-state index contributed by atoms with van der Waals surface area (Å²) in [7, 11) is 0. The van der Waals surface area contributed by atoms with Crippen LogP contribution >= 0.6 is 24.0 Å². The van der Waals surface area contributed by atoms with Gasteiger partial charge in [0.2, 0.25) is 5.91 Å². The molecule has 0 radical (unpaired) electrons. The summed E-state index contributed by atoms with van der Waals surface area (Å²) >= 11 is 6.06. The van der Waals surface area contributed by atoms with Crippen molar-refractivity contribution in [1.29, 1.82) is 0 Å². The van der Waals surface area contributed by atoms with Crippen molar-refractivity contribution in [3.05, 3.63) is 29.3 Å². The number of nitrogens with zero attached hydrogens (tertiary/aromatic N) is 3. The summed E-state index contributed by atoms with van der Waals surface area (Å²) in [6, 6.07) is 7.64. The number of benzene rings is 1. The molecule has 2 heterocycles. The number of aliphatic carboxylic acids is 1. The van der Waals surface area contributed by atoms with Gasteiger partial charge in [0.05, 0.1) is 12.6 Å². The predicted octanol–water partition coefficient (Wildman–Crippen LogP) is 2.74. The van der Waals surface area contributed by atoms with Crippen LogP contribution in [0, 0.1) is 0 Å². The van der Waals surface area contributed by atoms with Crippen molar-refractivity contribution in [2.24, 2.45) is 0 Å². The van der Waals surface area contributed by atoms with Crippen LogP contribution in [0.3, 0.4) is 0 Å². The summed E-state index contributed by atoms with van der Waals surface area (Å²) in [6.45, 7) is 5.21. The first-order chi connectivity index (χ1) is 12.5. The van der Waals surface area contributed by atoms with Crippen molar-refractivity contribution < 1.29 is 14.7 Å². The number of carbonyl (C=O) groups is 2. The second-order valence-corrected chi connectivity index (χ2v) is 7.43. The lowest BCUT2D eigenvalue weighted by molar-refractivity contribution is -0.139. The minimum atomic E-state index is -0.780. The van der Waals surface area contributed by atoms with E-state index in [-0.39, 0.29) is 36.9 Å². The number of carboxylic acids is 1. The van der Waals surface area contributed by atoms with Crippen molar-refractivity contribution in [3.8, 4) is 0 Å². The normalized spacial score (nSPS) is 21.5. The van der Waals surface area contributed by atoms with E-state index in [0.717, 1.165) is 44.6 Å². The molecular weight excluding hydrogens is 389 g/mol. The molecule has 8 heteroatoms. The van der Waals surface area contributed by atoms with Crippen LogP contribution in [0.25, 0.3) is 0 Å². The van der Waals surface area contributed by atoms with Crippen LogP contribution in [0.1, 0.15) is 26.2 Å². The molecule has 0 saturated carbocycles. The number of amides is 1. The maximum absolute atomic E-state index is 12.9. The number of rotatable bonds is 6. The highest BCUT2D eigenvalue weighted by Gasteiger charge is 2.38. The van der Waals surface area contributed by atoms with E-state index in [4.69, 9.17) is 16.7 Å². The molecule has 3 rings (SSSR count). The first kappa shape index (κ1) is 22.0. The van der Waals surface area contributed by atoms with Gasteiger partial charge in [0.15, 0.2) is 0 Å². The lowest BCUT2D eigenvalue weighted by atomic mass is 10.0. The Kier molecular flexibility index (Phi) is 7.91. The maximum atomic E-state index is 12.9. The zero-order valence-electron chi connectivity index (χ0n) is 15.5. The van der Waals surface area contributed by atoms with E-state index >= 15 is 0 Å². The van der Waals surface area contributed by atoms with E-state index < -0.39 is 5.97 Å². The summed E-state index contributed by atoms with van der Waals surface area (Å²) in [5.41, 5.74) is 0.860. The van der Waals surface area contributed by atoms with Gasteiger partial charge in [-0.1, -0.05) is 24.6 Å². The topological polar surface area (TPSA) is 64.1 Å². The first-order valence-electron chi connectivity index (χ1n) is 9.26. The summed E-state index contributed by atoms with van der Waals surface area (Å²) in [6.07, 6.45) is 2.63. The average molecular weight is 416 g/mol. The van der Waals surface area contributed by atoms with Crippen molar-refractivity contribution in [2.75, 3.05) is 37.6 Å². The Morgan fingerprint density at radius 3 is 2.56 bits per heavy atom. The summed E-state index contributed by atoms with van der Waals surface area (Å²) in [5, 5.41) is 9.69. The molecule has 2 fully saturated rings. The lowest BCUT2D eigenvalue weighted by Gasteiger charge is -2.39. The Morgan fingerprint density at radius 1 is 1.26 bits per heavy atom. The second kappa shape index (κ2) is 9.73. The number of carbonyl (C=O) groups excluding carboxylic acids is 1. The molecule has 1 aromatic rings. The van der Waals surface area contributed by atoms with Gasteiger partial charge in [0.1, 0.15) is 0 Å². The molecule has 0 aromatic heterocycles. The Balaban J connectivity index is 0.00000261. The predicted molar refractivity (Wildman–Crippen MR) is 109 cm³/mol. The van der Waals surface area contributed by atoms with Crippen LogP contribution in [0.15, 0.2) is 24.3 Å².